The maximum absolute atomic E-state index is 4.70. The van der Waals surface area contributed by atoms with Crippen LogP contribution in [0.25, 0.3) is 0 Å². The van der Waals surface area contributed by atoms with Gasteiger partial charge in [-0.15, -0.1) is 0 Å². The van der Waals surface area contributed by atoms with E-state index in [2.05, 4.69) is 49.1 Å². The lowest BCUT2D eigenvalue weighted by Crippen LogP contribution is -2.35. The first-order valence-electron chi connectivity index (χ1n) is 7.33. The molecule has 1 aromatic rings. The standard InChI is InChI=1S/C15H26N4/c1-11(2)14-9-12(3)17-15(18-14)19(4)10-13-5-7-16-8-6-13/h9,11,13,16H,5-8,10H2,1-4H3. The first kappa shape index (κ1) is 14.3. The van der Waals surface area contributed by atoms with Crippen molar-refractivity contribution < 1.29 is 0 Å². The van der Waals surface area contributed by atoms with E-state index < -0.39 is 0 Å². The number of nitrogens with one attached hydrogen (secondary N) is 1. The van der Waals surface area contributed by atoms with Crippen LogP contribution in [0, 0.1) is 12.8 Å². The predicted octanol–water partition coefficient (Wildman–Crippen LogP) is 2.34. The van der Waals surface area contributed by atoms with E-state index in [0.717, 1.165) is 42.9 Å². The minimum absolute atomic E-state index is 0.452. The summed E-state index contributed by atoms with van der Waals surface area (Å²) in [7, 11) is 2.11. The Balaban J connectivity index is 2.07. The lowest BCUT2D eigenvalue weighted by molar-refractivity contribution is 0.376. The maximum atomic E-state index is 4.70. The fourth-order valence-corrected chi connectivity index (χ4v) is 2.58. The van der Waals surface area contributed by atoms with E-state index in [-0.39, 0.29) is 0 Å². The summed E-state index contributed by atoms with van der Waals surface area (Å²) in [5, 5.41) is 3.41. The van der Waals surface area contributed by atoms with Crippen LogP contribution in [0.5, 0.6) is 0 Å². The van der Waals surface area contributed by atoms with Gasteiger partial charge < -0.3 is 10.2 Å². The summed E-state index contributed by atoms with van der Waals surface area (Å²) >= 11 is 0. The number of rotatable bonds is 4. The van der Waals surface area contributed by atoms with Crippen LogP contribution in [0.2, 0.25) is 0 Å². The summed E-state index contributed by atoms with van der Waals surface area (Å²) < 4.78 is 0. The van der Waals surface area contributed by atoms with Crippen LogP contribution >= 0.6 is 0 Å². The van der Waals surface area contributed by atoms with Gasteiger partial charge in [-0.1, -0.05) is 13.8 Å². The summed E-state index contributed by atoms with van der Waals surface area (Å²) in [6, 6.07) is 2.09. The zero-order valence-electron chi connectivity index (χ0n) is 12.6. The molecule has 0 radical (unpaired) electrons. The monoisotopic (exact) mass is 262 g/mol. The van der Waals surface area contributed by atoms with Gasteiger partial charge in [0.25, 0.3) is 0 Å². The first-order chi connectivity index (χ1) is 9.06. The molecule has 0 saturated carbocycles. The highest BCUT2D eigenvalue weighted by molar-refractivity contribution is 5.32. The fraction of sp³-hybridized carbons (Fsp3) is 0.733. The summed E-state index contributed by atoms with van der Waals surface area (Å²) in [5.74, 6) is 2.09. The number of nitrogens with zero attached hydrogens (tertiary/aromatic N) is 3. The number of hydrogen-bond donors (Lipinski definition) is 1. The zero-order valence-corrected chi connectivity index (χ0v) is 12.6. The van der Waals surface area contributed by atoms with Crippen molar-refractivity contribution in [3.8, 4) is 0 Å². The second-order valence-corrected chi connectivity index (χ2v) is 5.96. The third kappa shape index (κ3) is 3.90. The van der Waals surface area contributed by atoms with Gasteiger partial charge in [0.05, 0.1) is 0 Å². The highest BCUT2D eigenvalue weighted by atomic mass is 15.2. The largest absolute Gasteiger partial charge is 0.344 e. The van der Waals surface area contributed by atoms with Gasteiger partial charge in [-0.25, -0.2) is 9.97 Å². The quantitative estimate of drug-likeness (QED) is 0.904. The van der Waals surface area contributed by atoms with Crippen molar-refractivity contribution in [3.05, 3.63) is 17.5 Å². The van der Waals surface area contributed by atoms with Crippen LogP contribution in [0.1, 0.15) is 44.0 Å². The molecule has 2 heterocycles. The Morgan fingerprint density at radius 3 is 2.63 bits per heavy atom. The van der Waals surface area contributed by atoms with Gasteiger partial charge in [-0.05, 0) is 50.8 Å². The van der Waals surface area contributed by atoms with Gasteiger partial charge in [-0.3, -0.25) is 0 Å². The van der Waals surface area contributed by atoms with Crippen LogP contribution in [-0.2, 0) is 0 Å². The van der Waals surface area contributed by atoms with E-state index in [4.69, 9.17) is 4.98 Å². The second-order valence-electron chi connectivity index (χ2n) is 5.96. The molecule has 1 N–H and O–H groups in total. The predicted molar refractivity (Wildman–Crippen MR) is 79.7 cm³/mol. The molecule has 19 heavy (non-hydrogen) atoms. The Labute approximate surface area is 116 Å². The molecular formula is C15H26N4. The Morgan fingerprint density at radius 1 is 1.32 bits per heavy atom. The highest BCUT2D eigenvalue weighted by Gasteiger charge is 2.17. The van der Waals surface area contributed by atoms with Gasteiger partial charge >= 0.3 is 0 Å². The number of aryl methyl sites for hydroxylation is 1. The smallest absolute Gasteiger partial charge is 0.225 e. The van der Waals surface area contributed by atoms with Crippen molar-refractivity contribution in [3.63, 3.8) is 0 Å². The molecule has 0 aliphatic carbocycles. The van der Waals surface area contributed by atoms with Crippen molar-refractivity contribution in [2.45, 2.75) is 39.5 Å². The molecular weight excluding hydrogens is 236 g/mol. The molecule has 4 heteroatoms. The summed E-state index contributed by atoms with van der Waals surface area (Å²) in [4.78, 5) is 11.5. The molecule has 0 atom stereocenters. The zero-order chi connectivity index (χ0) is 13.8. The van der Waals surface area contributed by atoms with Gasteiger partial charge in [0.2, 0.25) is 5.95 Å². The Kier molecular flexibility index (Phi) is 4.75. The fourth-order valence-electron chi connectivity index (χ4n) is 2.58. The van der Waals surface area contributed by atoms with Crippen molar-refractivity contribution >= 4 is 5.95 Å². The first-order valence-corrected chi connectivity index (χ1v) is 7.33. The molecule has 0 aromatic carbocycles. The van der Waals surface area contributed by atoms with Crippen LogP contribution < -0.4 is 10.2 Å². The second kappa shape index (κ2) is 6.33. The molecule has 0 unspecified atom stereocenters. The SMILES string of the molecule is Cc1cc(C(C)C)nc(N(C)CC2CCNCC2)n1. The minimum Gasteiger partial charge on any atom is -0.344 e. The third-order valence-corrected chi connectivity index (χ3v) is 3.79. The van der Waals surface area contributed by atoms with Crippen molar-refractivity contribution in [2.75, 3.05) is 31.6 Å². The van der Waals surface area contributed by atoms with E-state index in [0.29, 0.717) is 5.92 Å². The summed E-state index contributed by atoms with van der Waals surface area (Å²) in [6.45, 7) is 9.75. The normalized spacial score (nSPS) is 16.9. The number of piperidine rings is 1. The molecule has 1 aliphatic rings. The molecule has 4 nitrogen and oxygen atoms in total. The number of aromatic nitrogens is 2. The van der Waals surface area contributed by atoms with E-state index in [1.54, 1.807) is 0 Å². The maximum Gasteiger partial charge on any atom is 0.225 e. The van der Waals surface area contributed by atoms with Gasteiger partial charge in [-0.2, -0.15) is 0 Å². The molecule has 0 amide bonds. The Bertz CT molecular complexity index is 411. The summed E-state index contributed by atoms with van der Waals surface area (Å²) in [6.07, 6.45) is 2.51. The van der Waals surface area contributed by atoms with Gasteiger partial charge in [0, 0.05) is 25.0 Å². The third-order valence-electron chi connectivity index (χ3n) is 3.79. The highest BCUT2D eigenvalue weighted by Crippen LogP contribution is 2.19. The Hall–Kier alpha value is -1.16. The van der Waals surface area contributed by atoms with Crippen LogP contribution in [0.4, 0.5) is 5.95 Å². The van der Waals surface area contributed by atoms with Crippen molar-refractivity contribution in [1.82, 2.24) is 15.3 Å². The molecule has 1 fully saturated rings. The number of hydrogen-bond acceptors (Lipinski definition) is 4. The molecule has 0 bridgehead atoms. The van der Waals surface area contributed by atoms with Crippen LogP contribution in [-0.4, -0.2) is 36.6 Å². The van der Waals surface area contributed by atoms with Crippen LogP contribution in [0.3, 0.4) is 0 Å². The average Bonchev–Trinajstić information content (AvgIpc) is 2.39. The molecule has 106 valence electrons. The van der Waals surface area contributed by atoms with Crippen molar-refractivity contribution in [2.24, 2.45) is 5.92 Å². The van der Waals surface area contributed by atoms with E-state index in [9.17, 15) is 0 Å². The lowest BCUT2D eigenvalue weighted by Gasteiger charge is -2.28. The Morgan fingerprint density at radius 2 is 2.00 bits per heavy atom. The van der Waals surface area contributed by atoms with E-state index >= 15 is 0 Å². The van der Waals surface area contributed by atoms with E-state index in [1.807, 2.05) is 0 Å². The number of anilines is 1. The lowest BCUT2D eigenvalue weighted by atomic mass is 9.98. The molecule has 1 aliphatic heterocycles. The molecule has 2 rings (SSSR count). The average molecular weight is 262 g/mol. The molecule has 1 saturated heterocycles. The summed E-state index contributed by atoms with van der Waals surface area (Å²) in [5.41, 5.74) is 2.20. The van der Waals surface area contributed by atoms with Crippen LogP contribution in [0.15, 0.2) is 6.07 Å². The topological polar surface area (TPSA) is 41.1 Å². The van der Waals surface area contributed by atoms with Gasteiger partial charge in [0.1, 0.15) is 0 Å². The van der Waals surface area contributed by atoms with Gasteiger partial charge in [0.15, 0.2) is 0 Å². The van der Waals surface area contributed by atoms with Crippen molar-refractivity contribution in [1.29, 1.82) is 0 Å². The molecule has 1 aromatic heterocycles. The minimum atomic E-state index is 0.452. The van der Waals surface area contributed by atoms with E-state index in [1.165, 1.54) is 12.8 Å². The molecule has 0 spiro atoms.